The molecule has 0 aliphatic heterocycles. The summed E-state index contributed by atoms with van der Waals surface area (Å²) >= 11 is 1.50. The van der Waals surface area contributed by atoms with E-state index in [1.54, 1.807) is 12.4 Å². The Kier molecular flexibility index (Phi) is 6.09. The Labute approximate surface area is 184 Å². The molecule has 0 fully saturated rings. The summed E-state index contributed by atoms with van der Waals surface area (Å²) in [5, 5.41) is 4.82. The minimum atomic E-state index is -0.339. The van der Waals surface area contributed by atoms with Crippen LogP contribution in [0.25, 0.3) is 10.1 Å². The molecule has 0 saturated carbocycles. The topological polar surface area (TPSA) is 68.3 Å². The van der Waals surface area contributed by atoms with Crippen LogP contribution >= 0.6 is 11.3 Å². The second-order valence-electron chi connectivity index (χ2n) is 7.52. The van der Waals surface area contributed by atoms with E-state index in [4.69, 9.17) is 4.74 Å². The number of anilines is 1. The summed E-state index contributed by atoms with van der Waals surface area (Å²) in [4.78, 5) is 28.8. The number of aromatic nitrogens is 1. The SMILES string of the molecule is Cc1cc(C)cc(C(=O)OCc2ccc(CC(=O)Nc3cc4ccncc4s3)cc2)c1. The van der Waals surface area contributed by atoms with E-state index in [0.29, 0.717) is 5.56 Å². The van der Waals surface area contributed by atoms with Gasteiger partial charge in [0.1, 0.15) is 6.61 Å². The number of benzene rings is 2. The van der Waals surface area contributed by atoms with Crippen LogP contribution in [0.15, 0.2) is 67.0 Å². The number of esters is 1. The van der Waals surface area contributed by atoms with Gasteiger partial charge in [0.2, 0.25) is 5.91 Å². The summed E-state index contributed by atoms with van der Waals surface area (Å²) in [6.45, 7) is 4.10. The van der Waals surface area contributed by atoms with Crippen molar-refractivity contribution in [3.05, 3.63) is 94.8 Å². The zero-order chi connectivity index (χ0) is 21.8. The number of pyridine rings is 1. The fourth-order valence-electron chi connectivity index (χ4n) is 3.39. The molecule has 5 nitrogen and oxygen atoms in total. The zero-order valence-corrected chi connectivity index (χ0v) is 18.2. The maximum atomic E-state index is 12.4. The molecule has 0 aliphatic rings. The van der Waals surface area contributed by atoms with Gasteiger partial charge in [-0.2, -0.15) is 0 Å². The molecule has 1 amide bonds. The van der Waals surface area contributed by atoms with Gasteiger partial charge in [-0.15, -0.1) is 11.3 Å². The van der Waals surface area contributed by atoms with Crippen molar-refractivity contribution in [2.45, 2.75) is 26.9 Å². The molecule has 0 radical (unpaired) electrons. The van der Waals surface area contributed by atoms with Gasteiger partial charge in [-0.1, -0.05) is 41.5 Å². The summed E-state index contributed by atoms with van der Waals surface area (Å²) in [6.07, 6.45) is 3.80. The lowest BCUT2D eigenvalue weighted by Crippen LogP contribution is -2.13. The first-order valence-electron chi connectivity index (χ1n) is 9.93. The largest absolute Gasteiger partial charge is 0.457 e. The van der Waals surface area contributed by atoms with Crippen molar-refractivity contribution in [1.29, 1.82) is 0 Å². The monoisotopic (exact) mass is 430 g/mol. The van der Waals surface area contributed by atoms with Crippen LogP contribution in [0.5, 0.6) is 0 Å². The number of rotatable bonds is 6. The van der Waals surface area contributed by atoms with E-state index in [1.807, 2.05) is 68.4 Å². The molecule has 6 heteroatoms. The van der Waals surface area contributed by atoms with Crippen LogP contribution in [0.4, 0.5) is 5.00 Å². The van der Waals surface area contributed by atoms with Gasteiger partial charge in [0, 0.05) is 12.4 Å². The third kappa shape index (κ3) is 5.35. The number of nitrogens with zero attached hydrogens (tertiary/aromatic N) is 1. The maximum Gasteiger partial charge on any atom is 0.338 e. The van der Waals surface area contributed by atoms with Gasteiger partial charge >= 0.3 is 5.97 Å². The number of carbonyl (C=O) groups excluding carboxylic acids is 2. The Hall–Kier alpha value is -3.51. The zero-order valence-electron chi connectivity index (χ0n) is 17.3. The van der Waals surface area contributed by atoms with Crippen LogP contribution in [0.2, 0.25) is 0 Å². The average Bonchev–Trinajstić information content (AvgIpc) is 3.14. The van der Waals surface area contributed by atoms with E-state index in [-0.39, 0.29) is 24.9 Å². The van der Waals surface area contributed by atoms with Crippen molar-refractivity contribution >= 4 is 38.3 Å². The smallest absolute Gasteiger partial charge is 0.338 e. The fraction of sp³-hybridized carbons (Fsp3) is 0.160. The maximum absolute atomic E-state index is 12.4. The number of fused-ring (bicyclic) bond motifs is 1. The first kappa shape index (κ1) is 20.8. The third-order valence-electron chi connectivity index (χ3n) is 4.80. The molecule has 0 unspecified atom stereocenters. The lowest BCUT2D eigenvalue weighted by atomic mass is 10.1. The number of carbonyl (C=O) groups is 2. The van der Waals surface area contributed by atoms with Gasteiger partial charge in [0.05, 0.1) is 21.7 Å². The molecular weight excluding hydrogens is 408 g/mol. The van der Waals surface area contributed by atoms with Crippen molar-refractivity contribution in [2.24, 2.45) is 0 Å². The number of aryl methyl sites for hydroxylation is 2. The molecule has 156 valence electrons. The second kappa shape index (κ2) is 9.10. The highest BCUT2D eigenvalue weighted by Gasteiger charge is 2.10. The van der Waals surface area contributed by atoms with Gasteiger partial charge < -0.3 is 10.1 Å². The van der Waals surface area contributed by atoms with Crippen LogP contribution in [-0.4, -0.2) is 16.9 Å². The summed E-state index contributed by atoms with van der Waals surface area (Å²) < 4.78 is 6.47. The second-order valence-corrected chi connectivity index (χ2v) is 8.60. The Morgan fingerprint density at radius 2 is 1.68 bits per heavy atom. The first-order chi connectivity index (χ1) is 15.0. The summed E-state index contributed by atoms with van der Waals surface area (Å²) in [5.74, 6) is -0.415. The van der Waals surface area contributed by atoms with Crippen LogP contribution in [0.3, 0.4) is 0 Å². The standard InChI is InChI=1S/C25H22N2O3S/c1-16-9-17(2)11-21(10-16)25(29)30-15-19-5-3-18(4-6-19)12-23(28)27-24-13-20-7-8-26-14-22(20)31-24/h3-11,13-14H,12,15H2,1-2H3,(H,27,28). The highest BCUT2D eigenvalue weighted by Crippen LogP contribution is 2.28. The van der Waals surface area contributed by atoms with Crippen molar-refractivity contribution in [3.63, 3.8) is 0 Å². The fourth-order valence-corrected chi connectivity index (χ4v) is 4.34. The molecule has 0 spiro atoms. The molecule has 0 bridgehead atoms. The lowest BCUT2D eigenvalue weighted by molar-refractivity contribution is -0.115. The quantitative estimate of drug-likeness (QED) is 0.413. The molecule has 2 aromatic carbocycles. The highest BCUT2D eigenvalue weighted by molar-refractivity contribution is 7.22. The normalized spacial score (nSPS) is 10.8. The average molecular weight is 431 g/mol. The minimum absolute atomic E-state index is 0.0755. The molecule has 4 aromatic rings. The van der Waals surface area contributed by atoms with E-state index >= 15 is 0 Å². The molecule has 2 aromatic heterocycles. The van der Waals surface area contributed by atoms with Gasteiger partial charge in [0.15, 0.2) is 0 Å². The molecule has 31 heavy (non-hydrogen) atoms. The molecular formula is C25H22N2O3S. The number of nitrogens with one attached hydrogen (secondary N) is 1. The van der Waals surface area contributed by atoms with Crippen LogP contribution in [0, 0.1) is 13.8 Å². The molecule has 0 aliphatic carbocycles. The Balaban J connectivity index is 1.31. The van der Waals surface area contributed by atoms with Crippen LogP contribution in [0.1, 0.15) is 32.6 Å². The van der Waals surface area contributed by atoms with Gasteiger partial charge in [-0.25, -0.2) is 4.79 Å². The number of amides is 1. The van der Waals surface area contributed by atoms with E-state index in [2.05, 4.69) is 10.3 Å². The van der Waals surface area contributed by atoms with E-state index < -0.39 is 0 Å². The summed E-state index contributed by atoms with van der Waals surface area (Å²) in [7, 11) is 0. The van der Waals surface area contributed by atoms with Crippen molar-refractivity contribution in [3.8, 4) is 0 Å². The van der Waals surface area contributed by atoms with Crippen LogP contribution in [-0.2, 0) is 22.6 Å². The Bertz CT molecular complexity index is 1190. The molecule has 0 saturated heterocycles. The minimum Gasteiger partial charge on any atom is -0.457 e. The van der Waals surface area contributed by atoms with Crippen molar-refractivity contribution < 1.29 is 14.3 Å². The third-order valence-corrected chi connectivity index (χ3v) is 5.80. The van der Waals surface area contributed by atoms with E-state index in [9.17, 15) is 9.59 Å². The molecule has 4 rings (SSSR count). The lowest BCUT2D eigenvalue weighted by Gasteiger charge is -2.08. The predicted molar refractivity (Wildman–Crippen MR) is 123 cm³/mol. The predicted octanol–water partition coefficient (Wildman–Crippen LogP) is 5.45. The molecule has 1 N–H and O–H groups in total. The van der Waals surface area contributed by atoms with E-state index in [1.165, 1.54) is 11.3 Å². The van der Waals surface area contributed by atoms with Gasteiger partial charge in [-0.05, 0) is 54.6 Å². The van der Waals surface area contributed by atoms with E-state index in [0.717, 1.165) is 37.3 Å². The number of hydrogen-bond donors (Lipinski definition) is 1. The van der Waals surface area contributed by atoms with Crippen molar-refractivity contribution in [1.82, 2.24) is 4.98 Å². The first-order valence-corrected chi connectivity index (χ1v) is 10.7. The molecule has 2 heterocycles. The summed E-state index contributed by atoms with van der Waals surface area (Å²) in [6, 6.07) is 17.1. The van der Waals surface area contributed by atoms with Crippen molar-refractivity contribution in [2.75, 3.05) is 5.32 Å². The summed E-state index contributed by atoms with van der Waals surface area (Å²) in [5.41, 5.74) is 4.38. The molecule has 0 atom stereocenters. The number of thiophene rings is 1. The number of hydrogen-bond acceptors (Lipinski definition) is 5. The number of ether oxygens (including phenoxy) is 1. The Morgan fingerprint density at radius 3 is 2.39 bits per heavy atom. The highest BCUT2D eigenvalue weighted by atomic mass is 32.1. The van der Waals surface area contributed by atoms with Gasteiger partial charge in [0.25, 0.3) is 0 Å². The van der Waals surface area contributed by atoms with Gasteiger partial charge in [-0.3, -0.25) is 9.78 Å². The Morgan fingerprint density at radius 1 is 0.968 bits per heavy atom. The van der Waals surface area contributed by atoms with Crippen LogP contribution < -0.4 is 5.32 Å².